The summed E-state index contributed by atoms with van der Waals surface area (Å²) in [5.74, 6) is -1.53. The fourth-order valence-corrected chi connectivity index (χ4v) is 1.01. The van der Waals surface area contributed by atoms with Gasteiger partial charge in [0.2, 0.25) is 0 Å². The Morgan fingerprint density at radius 2 is 2.20 bits per heavy atom. The number of aliphatic hydroxyl groups excluding tert-OH is 2. The molecule has 15 heavy (non-hydrogen) atoms. The SMILES string of the molecule is N#Cc1cc(C(O)C(O)C(=O)O)ccn1. The Labute approximate surface area is 85.0 Å². The monoisotopic (exact) mass is 208 g/mol. The molecule has 1 aromatic rings. The van der Waals surface area contributed by atoms with E-state index in [9.17, 15) is 9.90 Å². The number of aromatic nitrogens is 1. The first-order valence-corrected chi connectivity index (χ1v) is 4.01. The third kappa shape index (κ3) is 2.49. The normalized spacial score (nSPS) is 13.9. The average Bonchev–Trinajstić information content (AvgIpc) is 2.27. The van der Waals surface area contributed by atoms with Crippen molar-refractivity contribution in [3.05, 3.63) is 29.6 Å². The number of carboxylic acids is 1. The summed E-state index contributed by atoms with van der Waals surface area (Å²) in [6.45, 7) is 0. The molecule has 1 rings (SSSR count). The van der Waals surface area contributed by atoms with E-state index in [4.69, 9.17) is 15.5 Å². The molecule has 0 aliphatic carbocycles. The molecule has 3 N–H and O–H groups in total. The molecule has 1 aromatic heterocycles. The fourth-order valence-electron chi connectivity index (χ4n) is 1.01. The molecule has 0 radical (unpaired) electrons. The van der Waals surface area contributed by atoms with Gasteiger partial charge >= 0.3 is 5.97 Å². The Bertz CT molecular complexity index is 413. The first kappa shape index (κ1) is 11.1. The molecule has 6 heteroatoms. The number of hydrogen-bond donors (Lipinski definition) is 3. The number of rotatable bonds is 3. The molecule has 1 heterocycles. The van der Waals surface area contributed by atoms with Crippen molar-refractivity contribution in [2.45, 2.75) is 12.2 Å². The van der Waals surface area contributed by atoms with Crippen LogP contribution in [0, 0.1) is 11.3 Å². The van der Waals surface area contributed by atoms with E-state index < -0.39 is 18.2 Å². The Balaban J connectivity index is 2.96. The summed E-state index contributed by atoms with van der Waals surface area (Å²) in [5, 5.41) is 35.4. The zero-order valence-corrected chi connectivity index (χ0v) is 7.53. The highest BCUT2D eigenvalue weighted by molar-refractivity contribution is 5.73. The van der Waals surface area contributed by atoms with Crippen molar-refractivity contribution in [1.82, 2.24) is 4.98 Å². The van der Waals surface area contributed by atoms with Gasteiger partial charge in [-0.2, -0.15) is 5.26 Å². The van der Waals surface area contributed by atoms with Crippen molar-refractivity contribution in [3.8, 4) is 6.07 Å². The van der Waals surface area contributed by atoms with E-state index in [0.717, 1.165) is 0 Å². The smallest absolute Gasteiger partial charge is 0.335 e. The minimum absolute atomic E-state index is 0.0455. The molecule has 0 amide bonds. The molecular formula is C9H8N2O4. The van der Waals surface area contributed by atoms with Crippen LogP contribution in [0.25, 0.3) is 0 Å². The summed E-state index contributed by atoms with van der Waals surface area (Å²) in [7, 11) is 0. The molecule has 6 nitrogen and oxygen atoms in total. The summed E-state index contributed by atoms with van der Waals surface area (Å²) >= 11 is 0. The van der Waals surface area contributed by atoms with Crippen molar-refractivity contribution in [3.63, 3.8) is 0 Å². The van der Waals surface area contributed by atoms with E-state index in [0.29, 0.717) is 0 Å². The van der Waals surface area contributed by atoms with Gasteiger partial charge in [0.15, 0.2) is 6.10 Å². The Morgan fingerprint density at radius 3 is 2.73 bits per heavy atom. The number of aliphatic hydroxyl groups is 2. The van der Waals surface area contributed by atoms with Crippen molar-refractivity contribution < 1.29 is 20.1 Å². The van der Waals surface area contributed by atoms with Crippen LogP contribution in [0.4, 0.5) is 0 Å². The van der Waals surface area contributed by atoms with E-state index in [1.165, 1.54) is 18.3 Å². The van der Waals surface area contributed by atoms with E-state index in [2.05, 4.69) is 4.98 Å². The molecule has 0 aliphatic rings. The van der Waals surface area contributed by atoms with Gasteiger partial charge in [0.25, 0.3) is 0 Å². The van der Waals surface area contributed by atoms with Crippen molar-refractivity contribution >= 4 is 5.97 Å². The van der Waals surface area contributed by atoms with Crippen LogP contribution in [-0.2, 0) is 4.79 Å². The lowest BCUT2D eigenvalue weighted by Crippen LogP contribution is -2.27. The zero-order valence-electron chi connectivity index (χ0n) is 7.53. The lowest BCUT2D eigenvalue weighted by Gasteiger charge is -2.13. The lowest BCUT2D eigenvalue weighted by molar-refractivity contribution is -0.153. The minimum Gasteiger partial charge on any atom is -0.479 e. The largest absolute Gasteiger partial charge is 0.479 e. The van der Waals surface area contributed by atoms with E-state index in [1.54, 1.807) is 6.07 Å². The standard InChI is InChI=1S/C9H8N2O4/c10-4-6-3-5(1-2-11-6)7(12)8(13)9(14)15/h1-3,7-8,12-13H,(H,14,15). The number of carbonyl (C=O) groups is 1. The quantitative estimate of drug-likeness (QED) is 0.612. The molecule has 0 bridgehead atoms. The Morgan fingerprint density at radius 1 is 1.53 bits per heavy atom. The number of nitriles is 1. The zero-order chi connectivity index (χ0) is 11.4. The van der Waals surface area contributed by atoms with Crippen molar-refractivity contribution in [2.75, 3.05) is 0 Å². The van der Waals surface area contributed by atoms with Crippen molar-refractivity contribution in [2.24, 2.45) is 0 Å². The topological polar surface area (TPSA) is 114 Å². The lowest BCUT2D eigenvalue weighted by atomic mass is 10.1. The highest BCUT2D eigenvalue weighted by atomic mass is 16.4. The molecule has 0 saturated carbocycles. The van der Waals surface area contributed by atoms with Crippen LogP contribution in [0.1, 0.15) is 17.4 Å². The van der Waals surface area contributed by atoms with Crippen molar-refractivity contribution in [1.29, 1.82) is 5.26 Å². The molecule has 0 saturated heterocycles. The Kier molecular flexibility index (Phi) is 3.33. The summed E-state index contributed by atoms with van der Waals surface area (Å²) in [4.78, 5) is 14.0. The molecule has 2 atom stereocenters. The van der Waals surface area contributed by atoms with Gasteiger partial charge in [0, 0.05) is 6.20 Å². The van der Waals surface area contributed by atoms with Crippen LogP contribution < -0.4 is 0 Å². The van der Waals surface area contributed by atoms with Crippen LogP contribution in [0.5, 0.6) is 0 Å². The summed E-state index contributed by atoms with van der Waals surface area (Å²) in [6, 6.07) is 4.29. The average molecular weight is 208 g/mol. The predicted octanol–water partition coefficient (Wildman–Crippen LogP) is -0.568. The molecule has 0 fully saturated rings. The third-order valence-corrected chi connectivity index (χ3v) is 1.79. The maximum absolute atomic E-state index is 10.4. The van der Waals surface area contributed by atoms with Gasteiger partial charge in [-0.1, -0.05) is 0 Å². The second kappa shape index (κ2) is 4.50. The van der Waals surface area contributed by atoms with Crippen LogP contribution in [-0.4, -0.2) is 32.4 Å². The molecule has 0 aromatic carbocycles. The maximum Gasteiger partial charge on any atom is 0.335 e. The van der Waals surface area contributed by atoms with Gasteiger partial charge in [0.05, 0.1) is 0 Å². The van der Waals surface area contributed by atoms with Gasteiger partial charge in [-0.15, -0.1) is 0 Å². The number of pyridine rings is 1. The third-order valence-electron chi connectivity index (χ3n) is 1.79. The van der Waals surface area contributed by atoms with E-state index in [1.807, 2.05) is 0 Å². The fraction of sp³-hybridized carbons (Fsp3) is 0.222. The molecule has 78 valence electrons. The van der Waals surface area contributed by atoms with E-state index >= 15 is 0 Å². The molecule has 0 spiro atoms. The second-order valence-corrected chi connectivity index (χ2v) is 2.81. The highest BCUT2D eigenvalue weighted by Gasteiger charge is 2.25. The van der Waals surface area contributed by atoms with Gasteiger partial charge < -0.3 is 15.3 Å². The van der Waals surface area contributed by atoms with Gasteiger partial charge in [-0.25, -0.2) is 9.78 Å². The van der Waals surface area contributed by atoms with Crippen LogP contribution >= 0.6 is 0 Å². The van der Waals surface area contributed by atoms with Gasteiger partial charge in [-0.05, 0) is 17.7 Å². The van der Waals surface area contributed by atoms with Crippen LogP contribution in [0.2, 0.25) is 0 Å². The summed E-state index contributed by atoms with van der Waals surface area (Å²) < 4.78 is 0. The first-order valence-electron chi connectivity index (χ1n) is 4.01. The predicted molar refractivity (Wildman–Crippen MR) is 47.6 cm³/mol. The van der Waals surface area contributed by atoms with Crippen LogP contribution in [0.3, 0.4) is 0 Å². The number of nitrogens with zero attached hydrogens (tertiary/aromatic N) is 2. The maximum atomic E-state index is 10.4. The van der Waals surface area contributed by atoms with E-state index in [-0.39, 0.29) is 11.3 Å². The van der Waals surface area contributed by atoms with Crippen LogP contribution in [0.15, 0.2) is 18.3 Å². The number of hydrogen-bond acceptors (Lipinski definition) is 5. The molecule has 0 aliphatic heterocycles. The summed E-state index contributed by atoms with van der Waals surface area (Å²) in [6.07, 6.45) is -2.23. The summed E-state index contributed by atoms with van der Waals surface area (Å²) in [5.41, 5.74) is 0.181. The molecular weight excluding hydrogens is 200 g/mol. The minimum atomic E-state index is -1.92. The highest BCUT2D eigenvalue weighted by Crippen LogP contribution is 2.16. The Hall–Kier alpha value is -1.97. The molecule has 2 unspecified atom stereocenters. The first-order chi connectivity index (χ1) is 7.06. The number of aliphatic carboxylic acids is 1. The second-order valence-electron chi connectivity index (χ2n) is 2.81. The van der Waals surface area contributed by atoms with Gasteiger partial charge in [0.1, 0.15) is 17.9 Å². The number of carboxylic acid groups (broad SMARTS) is 1. The van der Waals surface area contributed by atoms with Gasteiger partial charge in [-0.3, -0.25) is 0 Å².